The summed E-state index contributed by atoms with van der Waals surface area (Å²) in [5.74, 6) is 0. The van der Waals surface area contributed by atoms with E-state index in [9.17, 15) is 21.6 Å². The van der Waals surface area contributed by atoms with Gasteiger partial charge in [-0.1, -0.05) is 25.0 Å². The van der Waals surface area contributed by atoms with E-state index in [2.05, 4.69) is 39.8 Å². The summed E-state index contributed by atoms with van der Waals surface area (Å²) in [6, 6.07) is 3.15. The van der Waals surface area contributed by atoms with Crippen LogP contribution in [0.15, 0.2) is 12.1 Å². The SMILES string of the molecule is Cc1cc(C)c(C)cc1C.N[C@@H]1CCCC[C@H]1NS(=O)(=O)C(F)(F)F.[Ru]. The Morgan fingerprint density at radius 2 is 1.35 bits per heavy atom. The summed E-state index contributed by atoms with van der Waals surface area (Å²) in [5.41, 5.74) is 5.84. The maximum absolute atomic E-state index is 12.0. The minimum absolute atomic E-state index is 0. The first-order chi connectivity index (χ1) is 11.3. The van der Waals surface area contributed by atoms with Crippen LogP contribution in [0.1, 0.15) is 47.9 Å². The number of hydrogen-bond acceptors (Lipinski definition) is 3. The second-order valence-corrected chi connectivity index (χ2v) is 8.35. The average Bonchev–Trinajstić information content (AvgIpc) is 2.47. The van der Waals surface area contributed by atoms with E-state index in [1.54, 1.807) is 4.72 Å². The summed E-state index contributed by atoms with van der Waals surface area (Å²) in [6.07, 6.45) is 2.42. The van der Waals surface area contributed by atoms with E-state index in [1.807, 2.05) is 0 Å². The van der Waals surface area contributed by atoms with Gasteiger partial charge in [-0.2, -0.15) is 13.2 Å². The molecule has 0 spiro atoms. The second kappa shape index (κ2) is 10.2. The van der Waals surface area contributed by atoms with Gasteiger partial charge in [0.2, 0.25) is 0 Å². The molecule has 0 radical (unpaired) electrons. The molecule has 1 fully saturated rings. The molecule has 0 aromatic heterocycles. The Kier molecular flexibility index (Phi) is 9.96. The van der Waals surface area contributed by atoms with Gasteiger partial charge in [0, 0.05) is 31.6 Å². The van der Waals surface area contributed by atoms with Crippen molar-refractivity contribution in [3.63, 3.8) is 0 Å². The van der Waals surface area contributed by atoms with E-state index in [1.165, 1.54) is 22.3 Å². The zero-order valence-corrected chi connectivity index (χ0v) is 18.0. The molecule has 0 saturated heterocycles. The third kappa shape index (κ3) is 7.26. The Labute approximate surface area is 166 Å². The molecule has 1 aromatic carbocycles. The third-order valence-corrected chi connectivity index (χ3v) is 5.76. The van der Waals surface area contributed by atoms with Crippen LogP contribution in [-0.4, -0.2) is 26.0 Å². The monoisotopic (exact) mass is 482 g/mol. The standard InChI is InChI=1S/C10H14.C7H13F3N2O2S.Ru/c1-7-5-9(3)10(4)6-8(7)2;8-7(9,10)15(13,14)12-6-4-2-1-3-5(6)11;/h5-6H,1-4H3;5-6,12H,1-4,11H2;/t;5-,6-;/m.1./s1. The van der Waals surface area contributed by atoms with Crippen LogP contribution in [0.3, 0.4) is 0 Å². The molecule has 4 nitrogen and oxygen atoms in total. The molecule has 9 heteroatoms. The summed E-state index contributed by atoms with van der Waals surface area (Å²) < 4.78 is 59.2. The number of halogens is 3. The van der Waals surface area contributed by atoms with Gasteiger partial charge in [0.05, 0.1) is 0 Å². The molecule has 1 saturated carbocycles. The van der Waals surface area contributed by atoms with Gasteiger partial charge in [-0.3, -0.25) is 0 Å². The molecular formula is C17H27F3N2O2RuS. The van der Waals surface area contributed by atoms with Crippen LogP contribution in [-0.2, 0) is 29.5 Å². The summed E-state index contributed by atoms with van der Waals surface area (Å²) in [7, 11) is -5.26. The molecule has 3 N–H and O–H groups in total. The minimum Gasteiger partial charge on any atom is -0.326 e. The number of nitrogens with two attached hydrogens (primary N) is 1. The summed E-state index contributed by atoms with van der Waals surface area (Å²) in [6.45, 7) is 8.62. The van der Waals surface area contributed by atoms with Crippen LogP contribution in [0.25, 0.3) is 0 Å². The van der Waals surface area contributed by atoms with Crippen LogP contribution in [0.5, 0.6) is 0 Å². The van der Waals surface area contributed by atoms with Gasteiger partial charge in [-0.05, 0) is 62.8 Å². The van der Waals surface area contributed by atoms with Crippen molar-refractivity contribution in [3.8, 4) is 0 Å². The number of hydrogen-bond donors (Lipinski definition) is 2. The third-order valence-electron chi connectivity index (χ3n) is 4.54. The normalized spacial score (nSPS) is 20.6. The van der Waals surface area contributed by atoms with Crippen molar-refractivity contribution in [3.05, 3.63) is 34.4 Å². The van der Waals surface area contributed by atoms with E-state index < -0.39 is 27.6 Å². The predicted octanol–water partition coefficient (Wildman–Crippen LogP) is 3.61. The molecule has 1 aliphatic carbocycles. The van der Waals surface area contributed by atoms with Crippen molar-refractivity contribution in [2.75, 3.05) is 0 Å². The van der Waals surface area contributed by atoms with E-state index in [0.29, 0.717) is 19.3 Å². The van der Waals surface area contributed by atoms with Gasteiger partial charge >= 0.3 is 15.5 Å². The zero-order valence-electron chi connectivity index (χ0n) is 15.4. The van der Waals surface area contributed by atoms with E-state index in [-0.39, 0.29) is 19.5 Å². The molecule has 1 aromatic rings. The quantitative estimate of drug-likeness (QED) is 0.634. The molecule has 0 unspecified atom stereocenters. The Morgan fingerprint density at radius 1 is 0.962 bits per heavy atom. The second-order valence-electron chi connectivity index (χ2n) is 6.64. The van der Waals surface area contributed by atoms with Crippen molar-refractivity contribution in [2.45, 2.75) is 71.0 Å². The Morgan fingerprint density at radius 3 is 1.69 bits per heavy atom. The first-order valence-electron chi connectivity index (χ1n) is 8.24. The van der Waals surface area contributed by atoms with Crippen molar-refractivity contribution in [1.82, 2.24) is 4.72 Å². The van der Waals surface area contributed by atoms with E-state index in [0.717, 1.165) is 6.42 Å². The van der Waals surface area contributed by atoms with Crippen LogP contribution in [0.4, 0.5) is 13.2 Å². The molecule has 152 valence electrons. The fraction of sp³-hybridized carbons (Fsp3) is 0.647. The first-order valence-corrected chi connectivity index (χ1v) is 9.72. The molecule has 0 aliphatic heterocycles. The molecule has 0 heterocycles. The number of benzene rings is 1. The Hall–Kier alpha value is -0.497. The summed E-state index contributed by atoms with van der Waals surface area (Å²) in [4.78, 5) is 0. The largest absolute Gasteiger partial charge is 0.511 e. The molecule has 0 bridgehead atoms. The molecular weight excluding hydrogens is 454 g/mol. The Bertz CT molecular complexity index is 644. The predicted molar refractivity (Wildman–Crippen MR) is 93.7 cm³/mol. The molecule has 0 amide bonds. The number of sulfonamides is 1. The number of nitrogens with one attached hydrogen (secondary N) is 1. The Balaban J connectivity index is 0.000000497. The summed E-state index contributed by atoms with van der Waals surface area (Å²) in [5, 5.41) is 0. The van der Waals surface area contributed by atoms with Crippen molar-refractivity contribution >= 4 is 10.0 Å². The van der Waals surface area contributed by atoms with Crippen molar-refractivity contribution in [1.29, 1.82) is 0 Å². The average molecular weight is 482 g/mol. The zero-order chi connectivity index (χ0) is 19.4. The fourth-order valence-electron chi connectivity index (χ4n) is 2.68. The molecule has 2 rings (SSSR count). The summed E-state index contributed by atoms with van der Waals surface area (Å²) >= 11 is 0. The van der Waals surface area contributed by atoms with Gasteiger partial charge in [0.15, 0.2) is 0 Å². The van der Waals surface area contributed by atoms with Crippen LogP contribution in [0.2, 0.25) is 0 Å². The molecule has 1 aliphatic rings. The van der Waals surface area contributed by atoms with Crippen molar-refractivity contribution < 1.29 is 41.1 Å². The topological polar surface area (TPSA) is 72.2 Å². The van der Waals surface area contributed by atoms with Gasteiger partial charge in [0.25, 0.3) is 0 Å². The van der Waals surface area contributed by atoms with Gasteiger partial charge in [-0.25, -0.2) is 13.1 Å². The van der Waals surface area contributed by atoms with Crippen LogP contribution >= 0.6 is 0 Å². The van der Waals surface area contributed by atoms with Gasteiger partial charge in [-0.15, -0.1) is 0 Å². The minimum atomic E-state index is -5.26. The number of alkyl halides is 3. The number of rotatable bonds is 2. The fourth-order valence-corrected chi connectivity index (χ4v) is 3.50. The van der Waals surface area contributed by atoms with Crippen LogP contribution in [0, 0.1) is 27.7 Å². The smallest absolute Gasteiger partial charge is 0.326 e. The maximum atomic E-state index is 12.0. The first kappa shape index (κ1) is 25.5. The molecule has 26 heavy (non-hydrogen) atoms. The van der Waals surface area contributed by atoms with E-state index >= 15 is 0 Å². The maximum Gasteiger partial charge on any atom is 0.511 e. The van der Waals surface area contributed by atoms with E-state index in [4.69, 9.17) is 5.73 Å². The van der Waals surface area contributed by atoms with Crippen molar-refractivity contribution in [2.24, 2.45) is 5.73 Å². The van der Waals surface area contributed by atoms with Gasteiger partial charge in [0.1, 0.15) is 0 Å². The number of aryl methyl sites for hydroxylation is 4. The van der Waals surface area contributed by atoms with Gasteiger partial charge < -0.3 is 5.73 Å². The molecule has 2 atom stereocenters. The van der Waals surface area contributed by atoms with Crippen LogP contribution < -0.4 is 10.5 Å².